The van der Waals surface area contributed by atoms with E-state index in [1.165, 1.54) is 11.3 Å². The van der Waals surface area contributed by atoms with Crippen LogP contribution in [0.4, 0.5) is 5.13 Å². The number of anilines is 1. The topological polar surface area (TPSA) is 79.3 Å². The van der Waals surface area contributed by atoms with Crippen molar-refractivity contribution in [2.24, 2.45) is 0 Å². The summed E-state index contributed by atoms with van der Waals surface area (Å²) < 4.78 is 27.4. The Bertz CT molecular complexity index is 573. The summed E-state index contributed by atoms with van der Waals surface area (Å²) in [4.78, 5) is 4.34. The summed E-state index contributed by atoms with van der Waals surface area (Å²) in [6.07, 6.45) is 6.33. The third-order valence-corrected chi connectivity index (χ3v) is 7.36. The van der Waals surface area contributed by atoms with Crippen LogP contribution in [0.25, 0.3) is 0 Å². The number of hydrogen-bond donors (Lipinski definition) is 2. The molecule has 2 rings (SSSR count). The number of rotatable bonds is 7. The summed E-state index contributed by atoms with van der Waals surface area (Å²) in [5, 5.41) is 12.3. The Balaban J connectivity index is 2.02. The fourth-order valence-corrected chi connectivity index (χ4v) is 5.36. The van der Waals surface area contributed by atoms with Crippen molar-refractivity contribution in [1.82, 2.24) is 4.98 Å². The van der Waals surface area contributed by atoms with E-state index in [4.69, 9.17) is 0 Å². The molecule has 1 aromatic rings. The Morgan fingerprint density at radius 1 is 1.32 bits per heavy atom. The lowest BCUT2D eigenvalue weighted by Crippen LogP contribution is -2.30. The largest absolute Gasteiger partial charge is 0.390 e. The van der Waals surface area contributed by atoms with Crippen LogP contribution >= 0.6 is 11.3 Å². The van der Waals surface area contributed by atoms with Gasteiger partial charge < -0.3 is 5.11 Å². The molecule has 2 N–H and O–H groups in total. The van der Waals surface area contributed by atoms with Crippen molar-refractivity contribution >= 4 is 26.5 Å². The Morgan fingerprint density at radius 2 is 1.95 bits per heavy atom. The number of sulfonamides is 1. The van der Waals surface area contributed by atoms with E-state index in [0.717, 1.165) is 37.8 Å². The average molecular weight is 347 g/mol. The number of hydrogen-bond acceptors (Lipinski definition) is 5. The molecule has 0 unspecified atom stereocenters. The molecule has 1 aliphatic carbocycles. The molecule has 126 valence electrons. The molecule has 1 aromatic heterocycles. The number of aromatic nitrogens is 1. The average Bonchev–Trinajstić information content (AvgIpc) is 2.94. The van der Waals surface area contributed by atoms with E-state index in [9.17, 15) is 13.5 Å². The lowest BCUT2D eigenvalue weighted by atomic mass is 9.92. The second-order valence-electron chi connectivity index (χ2n) is 6.16. The normalized spacial score (nSPS) is 17.6. The standard InChI is InChI=1S/C15H26N2O3S2/c1-3-15(18,4-2)10-12-11-21-14(16-12)17-22(19,20)13-8-6-5-7-9-13/h11,13,18H,3-10H2,1-2H3,(H,16,17). The van der Waals surface area contributed by atoms with Crippen LogP contribution in [0.2, 0.25) is 0 Å². The number of aliphatic hydroxyl groups is 1. The lowest BCUT2D eigenvalue weighted by molar-refractivity contribution is 0.0319. The highest BCUT2D eigenvalue weighted by Gasteiger charge is 2.28. The summed E-state index contributed by atoms with van der Waals surface area (Å²) in [6.45, 7) is 3.89. The number of nitrogens with one attached hydrogen (secondary N) is 1. The maximum absolute atomic E-state index is 12.4. The predicted molar refractivity (Wildman–Crippen MR) is 90.8 cm³/mol. The molecular formula is C15H26N2O3S2. The van der Waals surface area contributed by atoms with E-state index in [-0.39, 0.29) is 5.25 Å². The molecule has 0 spiro atoms. The van der Waals surface area contributed by atoms with E-state index in [0.29, 0.717) is 24.4 Å². The molecule has 1 heterocycles. The van der Waals surface area contributed by atoms with Gasteiger partial charge in [0.2, 0.25) is 10.0 Å². The van der Waals surface area contributed by atoms with Gasteiger partial charge in [0, 0.05) is 11.8 Å². The van der Waals surface area contributed by atoms with Crippen molar-refractivity contribution in [3.8, 4) is 0 Å². The fraction of sp³-hybridized carbons (Fsp3) is 0.800. The molecule has 0 atom stereocenters. The second-order valence-corrected chi connectivity index (χ2v) is 8.98. The molecule has 0 saturated heterocycles. The maximum atomic E-state index is 12.4. The van der Waals surface area contributed by atoms with Crippen molar-refractivity contribution in [2.45, 2.75) is 76.1 Å². The van der Waals surface area contributed by atoms with Gasteiger partial charge >= 0.3 is 0 Å². The fourth-order valence-electron chi connectivity index (χ4n) is 2.85. The van der Waals surface area contributed by atoms with E-state index >= 15 is 0 Å². The summed E-state index contributed by atoms with van der Waals surface area (Å²) in [5.41, 5.74) is -0.00863. The highest BCUT2D eigenvalue weighted by atomic mass is 32.2. The van der Waals surface area contributed by atoms with Crippen LogP contribution in [0.1, 0.15) is 64.5 Å². The van der Waals surface area contributed by atoms with Crippen LogP contribution in [0.15, 0.2) is 5.38 Å². The molecular weight excluding hydrogens is 320 g/mol. The predicted octanol–water partition coefficient (Wildman–Crippen LogP) is 3.31. The highest BCUT2D eigenvalue weighted by Crippen LogP contribution is 2.28. The SMILES string of the molecule is CCC(O)(CC)Cc1csc(NS(=O)(=O)C2CCCCC2)n1. The Morgan fingerprint density at radius 3 is 2.55 bits per heavy atom. The molecule has 22 heavy (non-hydrogen) atoms. The first-order chi connectivity index (χ1) is 10.4. The van der Waals surface area contributed by atoms with Gasteiger partial charge in [-0.25, -0.2) is 13.4 Å². The second kappa shape index (κ2) is 7.27. The van der Waals surface area contributed by atoms with Crippen molar-refractivity contribution in [2.75, 3.05) is 4.72 Å². The van der Waals surface area contributed by atoms with Crippen LogP contribution in [-0.4, -0.2) is 29.4 Å². The first-order valence-electron chi connectivity index (χ1n) is 8.07. The number of nitrogens with zero attached hydrogens (tertiary/aromatic N) is 1. The summed E-state index contributed by atoms with van der Waals surface area (Å²) in [5.74, 6) is 0. The number of thiazole rings is 1. The lowest BCUT2D eigenvalue weighted by Gasteiger charge is -2.24. The monoisotopic (exact) mass is 346 g/mol. The van der Waals surface area contributed by atoms with Gasteiger partial charge in [-0.3, -0.25) is 4.72 Å². The highest BCUT2D eigenvalue weighted by molar-refractivity contribution is 7.93. The maximum Gasteiger partial charge on any atom is 0.237 e. The molecule has 1 aliphatic rings. The van der Waals surface area contributed by atoms with Crippen molar-refractivity contribution in [3.05, 3.63) is 11.1 Å². The first-order valence-corrected chi connectivity index (χ1v) is 10.5. The minimum atomic E-state index is -3.34. The van der Waals surface area contributed by atoms with Crippen LogP contribution < -0.4 is 4.72 Å². The van der Waals surface area contributed by atoms with Crippen LogP contribution in [0, 0.1) is 0 Å². The van der Waals surface area contributed by atoms with Gasteiger partial charge in [-0.2, -0.15) is 0 Å². The summed E-state index contributed by atoms with van der Waals surface area (Å²) in [6, 6.07) is 0. The van der Waals surface area contributed by atoms with Crippen LogP contribution in [-0.2, 0) is 16.4 Å². The van der Waals surface area contributed by atoms with Gasteiger partial charge in [0.1, 0.15) is 0 Å². The Kier molecular flexibility index (Phi) is 5.85. The summed E-state index contributed by atoms with van der Waals surface area (Å²) >= 11 is 1.29. The zero-order valence-electron chi connectivity index (χ0n) is 13.3. The van der Waals surface area contributed by atoms with Gasteiger partial charge in [0.05, 0.1) is 16.5 Å². The third kappa shape index (κ3) is 4.43. The molecule has 0 amide bonds. The Labute approximate surface area is 137 Å². The Hall–Kier alpha value is -0.660. The molecule has 0 bridgehead atoms. The van der Waals surface area contributed by atoms with Crippen molar-refractivity contribution in [1.29, 1.82) is 0 Å². The first kappa shape index (κ1) is 17.7. The van der Waals surface area contributed by atoms with Crippen LogP contribution in [0.3, 0.4) is 0 Å². The molecule has 7 heteroatoms. The quantitative estimate of drug-likeness (QED) is 0.794. The smallest absolute Gasteiger partial charge is 0.237 e. The van der Waals surface area contributed by atoms with E-state index < -0.39 is 15.6 Å². The van der Waals surface area contributed by atoms with Crippen molar-refractivity contribution < 1.29 is 13.5 Å². The summed E-state index contributed by atoms with van der Waals surface area (Å²) in [7, 11) is -3.34. The van der Waals surface area contributed by atoms with E-state index in [1.807, 2.05) is 19.2 Å². The third-order valence-electron chi connectivity index (χ3n) is 4.60. The molecule has 0 aromatic carbocycles. The zero-order chi connectivity index (χ0) is 16.2. The minimum absolute atomic E-state index is 0.295. The zero-order valence-corrected chi connectivity index (χ0v) is 15.0. The van der Waals surface area contributed by atoms with Gasteiger partial charge in [0.25, 0.3) is 0 Å². The van der Waals surface area contributed by atoms with Gasteiger partial charge in [-0.05, 0) is 25.7 Å². The van der Waals surface area contributed by atoms with E-state index in [1.54, 1.807) is 0 Å². The minimum Gasteiger partial charge on any atom is -0.390 e. The van der Waals surface area contributed by atoms with Crippen molar-refractivity contribution in [3.63, 3.8) is 0 Å². The van der Waals surface area contributed by atoms with Crippen LogP contribution in [0.5, 0.6) is 0 Å². The molecule has 5 nitrogen and oxygen atoms in total. The molecule has 1 saturated carbocycles. The molecule has 0 radical (unpaired) electrons. The molecule has 1 fully saturated rings. The van der Waals surface area contributed by atoms with Gasteiger partial charge in [-0.1, -0.05) is 33.1 Å². The molecule has 0 aliphatic heterocycles. The van der Waals surface area contributed by atoms with Gasteiger partial charge in [-0.15, -0.1) is 11.3 Å². The van der Waals surface area contributed by atoms with E-state index in [2.05, 4.69) is 9.71 Å². The van der Waals surface area contributed by atoms with Gasteiger partial charge in [0.15, 0.2) is 5.13 Å².